The molecule has 0 aliphatic heterocycles. The van der Waals surface area contributed by atoms with Gasteiger partial charge in [-0.15, -0.1) is 0 Å². The monoisotopic (exact) mass is 395 g/mol. The molecule has 1 N–H and O–H groups in total. The van der Waals surface area contributed by atoms with Gasteiger partial charge in [0.25, 0.3) is 11.6 Å². The fourth-order valence-electron chi connectivity index (χ4n) is 2.54. The number of hydrogen-bond acceptors (Lipinski definition) is 7. The second kappa shape index (κ2) is 10.4. The van der Waals surface area contributed by atoms with Gasteiger partial charge >= 0.3 is 0 Å². The van der Waals surface area contributed by atoms with Crippen LogP contribution in [0.4, 0.5) is 11.4 Å². The molecule has 0 saturated heterocycles. The van der Waals surface area contributed by atoms with Crippen molar-refractivity contribution in [1.29, 1.82) is 5.26 Å². The number of ether oxygens (including phenoxy) is 1. The van der Waals surface area contributed by atoms with Crippen molar-refractivity contribution in [1.82, 2.24) is 9.88 Å². The van der Waals surface area contributed by atoms with E-state index in [9.17, 15) is 20.2 Å². The molecular formula is C20H21N5O4. The third-order valence-electron chi connectivity index (χ3n) is 4.16. The van der Waals surface area contributed by atoms with Crippen LogP contribution in [-0.2, 0) is 11.2 Å². The SMILES string of the molecule is CCN(/C=C(/C#N)C(=O)Nc1ccc([N+](=O)[O-])cc1OC)CCc1ccncc1. The summed E-state index contributed by atoms with van der Waals surface area (Å²) >= 11 is 0. The van der Waals surface area contributed by atoms with E-state index in [1.807, 2.05) is 30.0 Å². The summed E-state index contributed by atoms with van der Waals surface area (Å²) in [5.74, 6) is -0.489. The highest BCUT2D eigenvalue weighted by atomic mass is 16.6. The minimum absolute atomic E-state index is 0.0815. The molecule has 0 aliphatic rings. The van der Waals surface area contributed by atoms with E-state index < -0.39 is 10.8 Å². The van der Waals surface area contributed by atoms with Crippen LogP contribution in [0, 0.1) is 21.4 Å². The van der Waals surface area contributed by atoms with Gasteiger partial charge in [0.15, 0.2) is 0 Å². The number of hydrogen-bond donors (Lipinski definition) is 1. The molecule has 2 aromatic rings. The van der Waals surface area contributed by atoms with Crippen LogP contribution in [-0.4, -0.2) is 40.9 Å². The van der Waals surface area contributed by atoms with Gasteiger partial charge in [0.05, 0.1) is 23.8 Å². The number of nitrogens with one attached hydrogen (secondary N) is 1. The molecule has 1 amide bonds. The van der Waals surface area contributed by atoms with Crippen molar-refractivity contribution < 1.29 is 14.5 Å². The molecule has 2 rings (SSSR count). The van der Waals surface area contributed by atoms with Gasteiger partial charge in [0.1, 0.15) is 17.4 Å². The molecule has 9 nitrogen and oxygen atoms in total. The van der Waals surface area contributed by atoms with Crippen molar-refractivity contribution in [3.05, 3.63) is 70.2 Å². The Morgan fingerprint density at radius 1 is 1.38 bits per heavy atom. The molecular weight excluding hydrogens is 374 g/mol. The average Bonchev–Trinajstić information content (AvgIpc) is 2.74. The molecule has 0 atom stereocenters. The van der Waals surface area contributed by atoms with Crippen molar-refractivity contribution in [2.24, 2.45) is 0 Å². The van der Waals surface area contributed by atoms with Crippen LogP contribution in [0.3, 0.4) is 0 Å². The zero-order valence-corrected chi connectivity index (χ0v) is 16.2. The van der Waals surface area contributed by atoms with Gasteiger partial charge in [0, 0.05) is 37.7 Å². The maximum absolute atomic E-state index is 12.5. The van der Waals surface area contributed by atoms with E-state index in [1.54, 1.807) is 12.4 Å². The van der Waals surface area contributed by atoms with Crippen LogP contribution >= 0.6 is 0 Å². The largest absolute Gasteiger partial charge is 0.494 e. The molecule has 0 bridgehead atoms. The number of anilines is 1. The molecule has 1 heterocycles. The highest BCUT2D eigenvalue weighted by Gasteiger charge is 2.16. The van der Waals surface area contributed by atoms with E-state index in [4.69, 9.17) is 4.74 Å². The number of likely N-dealkylation sites (N-methyl/N-ethyl adjacent to an activating group) is 1. The Hall–Kier alpha value is -3.93. The van der Waals surface area contributed by atoms with Crippen molar-refractivity contribution in [3.63, 3.8) is 0 Å². The third-order valence-corrected chi connectivity index (χ3v) is 4.16. The summed E-state index contributed by atoms with van der Waals surface area (Å²) < 4.78 is 5.10. The predicted octanol–water partition coefficient (Wildman–Crippen LogP) is 2.91. The molecule has 150 valence electrons. The van der Waals surface area contributed by atoms with E-state index in [2.05, 4.69) is 10.3 Å². The Labute approximate surface area is 168 Å². The van der Waals surface area contributed by atoms with Gasteiger partial charge in [-0.1, -0.05) is 0 Å². The number of nitro benzene ring substituents is 1. The van der Waals surface area contributed by atoms with E-state index in [-0.39, 0.29) is 22.7 Å². The summed E-state index contributed by atoms with van der Waals surface area (Å²) in [6.07, 6.45) is 5.68. The van der Waals surface area contributed by atoms with Crippen LogP contribution in [0.25, 0.3) is 0 Å². The molecule has 1 aromatic carbocycles. The maximum atomic E-state index is 12.5. The predicted molar refractivity (Wildman–Crippen MR) is 107 cm³/mol. The van der Waals surface area contributed by atoms with Crippen LogP contribution < -0.4 is 10.1 Å². The van der Waals surface area contributed by atoms with Crippen molar-refractivity contribution in [2.45, 2.75) is 13.3 Å². The summed E-state index contributed by atoms with van der Waals surface area (Å²) in [6.45, 7) is 3.17. The van der Waals surface area contributed by atoms with E-state index >= 15 is 0 Å². The topological polar surface area (TPSA) is 121 Å². The second-order valence-corrected chi connectivity index (χ2v) is 5.98. The zero-order valence-electron chi connectivity index (χ0n) is 16.2. The Bertz CT molecular complexity index is 938. The van der Waals surface area contributed by atoms with E-state index in [1.165, 1.54) is 31.5 Å². The number of amides is 1. The Balaban J connectivity index is 2.12. The first kappa shape index (κ1) is 21.4. The molecule has 0 unspecified atom stereocenters. The fraction of sp³-hybridized carbons (Fsp3) is 0.250. The minimum Gasteiger partial charge on any atom is -0.494 e. The standard InChI is InChI=1S/C20H21N5O4/c1-3-24(11-8-15-6-9-22-10-7-15)14-16(13-21)20(26)23-18-5-4-17(25(27)28)12-19(18)29-2/h4-7,9-10,12,14H,3,8,11H2,1-2H3,(H,23,26)/b16-14-. The first-order valence-corrected chi connectivity index (χ1v) is 8.87. The number of carbonyl (C=O) groups excluding carboxylic acids is 1. The number of benzene rings is 1. The number of nitriles is 1. The lowest BCUT2D eigenvalue weighted by Gasteiger charge is -2.19. The molecule has 0 spiro atoms. The minimum atomic E-state index is -0.623. The Morgan fingerprint density at radius 2 is 2.10 bits per heavy atom. The number of methoxy groups -OCH3 is 1. The van der Waals surface area contributed by atoms with Gasteiger partial charge in [-0.25, -0.2) is 0 Å². The van der Waals surface area contributed by atoms with Crippen LogP contribution in [0.2, 0.25) is 0 Å². The zero-order chi connectivity index (χ0) is 21.2. The van der Waals surface area contributed by atoms with Gasteiger partial charge in [-0.05, 0) is 37.1 Å². The number of rotatable bonds is 9. The van der Waals surface area contributed by atoms with Gasteiger partial charge in [-0.3, -0.25) is 19.9 Å². The summed E-state index contributed by atoms with van der Waals surface area (Å²) in [5, 5.41) is 22.9. The number of pyridine rings is 1. The molecule has 9 heteroatoms. The van der Waals surface area contributed by atoms with Gasteiger partial charge in [0.2, 0.25) is 0 Å². The first-order chi connectivity index (χ1) is 14.0. The molecule has 0 saturated carbocycles. The quantitative estimate of drug-likeness (QED) is 0.300. The lowest BCUT2D eigenvalue weighted by atomic mass is 10.2. The fourth-order valence-corrected chi connectivity index (χ4v) is 2.54. The molecule has 1 aromatic heterocycles. The summed E-state index contributed by atoms with van der Waals surface area (Å²) in [5.41, 5.74) is 1.10. The van der Waals surface area contributed by atoms with Crippen molar-refractivity contribution in [3.8, 4) is 11.8 Å². The van der Waals surface area contributed by atoms with Crippen molar-refractivity contribution in [2.75, 3.05) is 25.5 Å². The smallest absolute Gasteiger partial charge is 0.273 e. The molecule has 0 radical (unpaired) electrons. The summed E-state index contributed by atoms with van der Waals surface area (Å²) in [7, 11) is 1.34. The van der Waals surface area contributed by atoms with Crippen LogP contribution in [0.1, 0.15) is 12.5 Å². The summed E-state index contributed by atoms with van der Waals surface area (Å²) in [4.78, 5) is 28.7. The third kappa shape index (κ3) is 6.04. The Morgan fingerprint density at radius 3 is 2.69 bits per heavy atom. The van der Waals surface area contributed by atoms with Crippen molar-refractivity contribution >= 4 is 17.3 Å². The number of nitro groups is 1. The molecule has 0 fully saturated rings. The number of non-ortho nitro benzene ring substituents is 1. The van der Waals surface area contributed by atoms with Crippen LogP contribution in [0.15, 0.2) is 54.5 Å². The van der Waals surface area contributed by atoms with E-state index in [0.29, 0.717) is 13.1 Å². The Kier molecular flexibility index (Phi) is 7.68. The summed E-state index contributed by atoms with van der Waals surface area (Å²) in [6, 6.07) is 9.55. The van der Waals surface area contributed by atoms with Gasteiger partial charge < -0.3 is 15.0 Å². The second-order valence-electron chi connectivity index (χ2n) is 5.98. The average molecular weight is 395 g/mol. The lowest BCUT2D eigenvalue weighted by molar-refractivity contribution is -0.384. The molecule has 0 aliphatic carbocycles. The maximum Gasteiger partial charge on any atom is 0.273 e. The molecule has 29 heavy (non-hydrogen) atoms. The first-order valence-electron chi connectivity index (χ1n) is 8.87. The lowest BCUT2D eigenvalue weighted by Crippen LogP contribution is -2.23. The normalized spacial score (nSPS) is 10.7. The number of carbonyl (C=O) groups is 1. The number of aromatic nitrogens is 1. The van der Waals surface area contributed by atoms with Gasteiger partial charge in [-0.2, -0.15) is 5.26 Å². The number of nitrogens with zero attached hydrogens (tertiary/aromatic N) is 4. The highest BCUT2D eigenvalue weighted by Crippen LogP contribution is 2.29. The van der Waals surface area contributed by atoms with Crippen LogP contribution in [0.5, 0.6) is 5.75 Å². The highest BCUT2D eigenvalue weighted by molar-refractivity contribution is 6.07. The van der Waals surface area contributed by atoms with E-state index in [0.717, 1.165) is 12.0 Å².